The van der Waals surface area contributed by atoms with E-state index in [-0.39, 0.29) is 6.03 Å². The minimum Gasteiger partial charge on any atom is -0.335 e. The Labute approximate surface area is 101 Å². The van der Waals surface area contributed by atoms with Crippen LogP contribution in [0.3, 0.4) is 0 Å². The highest BCUT2D eigenvalue weighted by molar-refractivity contribution is 5.74. The molecular weight excluding hydrogens is 214 g/mol. The summed E-state index contributed by atoms with van der Waals surface area (Å²) >= 11 is 0. The average Bonchev–Trinajstić information content (AvgIpc) is 3.01. The number of nitrogens with one attached hydrogen (secondary N) is 3. The molecule has 90 valence electrons. The van der Waals surface area contributed by atoms with Crippen molar-refractivity contribution in [1.29, 1.82) is 0 Å². The zero-order valence-electron chi connectivity index (χ0n) is 9.75. The summed E-state index contributed by atoms with van der Waals surface area (Å²) < 4.78 is 0. The van der Waals surface area contributed by atoms with Crippen molar-refractivity contribution in [1.82, 2.24) is 16.0 Å². The minimum atomic E-state index is -0.0499. The molecule has 4 heteroatoms. The molecule has 0 bridgehead atoms. The van der Waals surface area contributed by atoms with Gasteiger partial charge in [0.1, 0.15) is 0 Å². The topological polar surface area (TPSA) is 53.2 Å². The lowest BCUT2D eigenvalue weighted by molar-refractivity contribution is 0.240. The van der Waals surface area contributed by atoms with Gasteiger partial charge >= 0.3 is 6.03 Å². The van der Waals surface area contributed by atoms with Crippen LogP contribution in [-0.4, -0.2) is 12.1 Å². The van der Waals surface area contributed by atoms with Gasteiger partial charge in [-0.2, -0.15) is 0 Å². The highest BCUT2D eigenvalue weighted by Crippen LogP contribution is 2.18. The smallest absolute Gasteiger partial charge is 0.315 e. The molecule has 0 radical (unpaired) electrons. The number of rotatable bonds is 3. The molecule has 1 fully saturated rings. The summed E-state index contributed by atoms with van der Waals surface area (Å²) in [5, 5.41) is 9.12. The highest BCUT2D eigenvalue weighted by atomic mass is 16.2. The lowest BCUT2D eigenvalue weighted by Crippen LogP contribution is -2.36. The molecule has 0 saturated heterocycles. The molecule has 1 aromatic carbocycles. The second-order valence-corrected chi connectivity index (χ2v) is 4.81. The van der Waals surface area contributed by atoms with Gasteiger partial charge in [-0.3, -0.25) is 0 Å². The van der Waals surface area contributed by atoms with Crippen molar-refractivity contribution in [3.63, 3.8) is 0 Å². The van der Waals surface area contributed by atoms with Gasteiger partial charge in [-0.05, 0) is 29.5 Å². The molecule has 0 unspecified atom stereocenters. The molecule has 1 aliphatic heterocycles. The third kappa shape index (κ3) is 2.58. The Morgan fingerprint density at radius 2 is 2.12 bits per heavy atom. The van der Waals surface area contributed by atoms with E-state index in [1.807, 2.05) is 0 Å². The first-order valence-corrected chi connectivity index (χ1v) is 6.17. The third-order valence-electron chi connectivity index (χ3n) is 3.27. The first kappa shape index (κ1) is 10.6. The van der Waals surface area contributed by atoms with Crippen LogP contribution in [0.25, 0.3) is 0 Å². The van der Waals surface area contributed by atoms with Gasteiger partial charge in [0.15, 0.2) is 0 Å². The van der Waals surface area contributed by atoms with Crippen molar-refractivity contribution < 1.29 is 4.79 Å². The lowest BCUT2D eigenvalue weighted by Gasteiger charge is -2.07. The summed E-state index contributed by atoms with van der Waals surface area (Å²) in [4.78, 5) is 11.5. The SMILES string of the molecule is O=C(NCc1ccc2c(c1)CNC2)NC1CC1. The van der Waals surface area contributed by atoms with E-state index in [0.29, 0.717) is 12.6 Å². The summed E-state index contributed by atoms with van der Waals surface area (Å²) in [6.07, 6.45) is 2.25. The fraction of sp³-hybridized carbons (Fsp3) is 0.462. The van der Waals surface area contributed by atoms with Crippen molar-refractivity contribution in [3.05, 3.63) is 34.9 Å². The van der Waals surface area contributed by atoms with Gasteiger partial charge in [0, 0.05) is 25.7 Å². The number of hydrogen-bond acceptors (Lipinski definition) is 2. The van der Waals surface area contributed by atoms with Gasteiger partial charge in [-0.15, -0.1) is 0 Å². The van der Waals surface area contributed by atoms with E-state index in [0.717, 1.165) is 25.9 Å². The fourth-order valence-electron chi connectivity index (χ4n) is 2.10. The number of hydrogen-bond donors (Lipinski definition) is 3. The molecular formula is C13H17N3O. The molecule has 3 N–H and O–H groups in total. The first-order chi connectivity index (χ1) is 8.31. The Bertz CT molecular complexity index is 440. The Morgan fingerprint density at radius 3 is 2.94 bits per heavy atom. The molecule has 17 heavy (non-hydrogen) atoms. The van der Waals surface area contributed by atoms with Gasteiger partial charge in [0.05, 0.1) is 0 Å². The average molecular weight is 231 g/mol. The molecule has 4 nitrogen and oxygen atoms in total. The van der Waals surface area contributed by atoms with Crippen molar-refractivity contribution in [2.45, 2.75) is 38.5 Å². The second-order valence-electron chi connectivity index (χ2n) is 4.81. The van der Waals surface area contributed by atoms with Crippen molar-refractivity contribution in [2.24, 2.45) is 0 Å². The summed E-state index contributed by atoms with van der Waals surface area (Å²) in [5.41, 5.74) is 3.89. The Balaban J connectivity index is 1.55. The number of urea groups is 1. The predicted octanol–water partition coefficient (Wildman–Crippen LogP) is 1.25. The molecule has 3 rings (SSSR count). The van der Waals surface area contributed by atoms with Gasteiger partial charge < -0.3 is 16.0 Å². The van der Waals surface area contributed by atoms with Gasteiger partial charge in [0.25, 0.3) is 0 Å². The van der Waals surface area contributed by atoms with E-state index in [1.54, 1.807) is 0 Å². The highest BCUT2D eigenvalue weighted by Gasteiger charge is 2.22. The van der Waals surface area contributed by atoms with Crippen molar-refractivity contribution >= 4 is 6.03 Å². The van der Waals surface area contributed by atoms with E-state index in [1.165, 1.54) is 16.7 Å². The molecule has 1 saturated carbocycles. The fourth-order valence-corrected chi connectivity index (χ4v) is 2.10. The summed E-state index contributed by atoms with van der Waals surface area (Å²) in [6.45, 7) is 2.51. The standard InChI is InChI=1S/C13H17N3O/c17-13(16-12-3-4-12)15-6-9-1-2-10-7-14-8-11(10)5-9/h1-2,5,12,14H,3-4,6-8H2,(H2,15,16,17). The third-order valence-corrected chi connectivity index (χ3v) is 3.27. The molecule has 0 spiro atoms. The van der Waals surface area contributed by atoms with Crippen LogP contribution >= 0.6 is 0 Å². The quantitative estimate of drug-likeness (QED) is 0.733. The van der Waals surface area contributed by atoms with E-state index in [9.17, 15) is 4.79 Å². The Hall–Kier alpha value is -1.55. The summed E-state index contributed by atoms with van der Waals surface area (Å²) in [7, 11) is 0. The Morgan fingerprint density at radius 1 is 1.29 bits per heavy atom. The predicted molar refractivity (Wildman–Crippen MR) is 65.4 cm³/mol. The first-order valence-electron chi connectivity index (χ1n) is 6.17. The number of fused-ring (bicyclic) bond motifs is 1. The molecule has 0 aromatic heterocycles. The maximum atomic E-state index is 11.5. The number of benzene rings is 1. The van der Waals surface area contributed by atoms with Crippen molar-refractivity contribution in [2.75, 3.05) is 0 Å². The lowest BCUT2D eigenvalue weighted by atomic mass is 10.1. The van der Waals surface area contributed by atoms with E-state index in [4.69, 9.17) is 0 Å². The second kappa shape index (κ2) is 4.37. The molecule has 0 atom stereocenters. The van der Waals surface area contributed by atoms with Crippen LogP contribution in [-0.2, 0) is 19.6 Å². The van der Waals surface area contributed by atoms with Gasteiger partial charge in [-0.25, -0.2) is 4.79 Å². The normalized spacial score (nSPS) is 17.6. The monoisotopic (exact) mass is 231 g/mol. The molecule has 1 aromatic rings. The number of carbonyl (C=O) groups is 1. The molecule has 1 aliphatic carbocycles. The van der Waals surface area contributed by atoms with Crippen LogP contribution in [0, 0.1) is 0 Å². The van der Waals surface area contributed by atoms with Crippen LogP contribution in [0.2, 0.25) is 0 Å². The van der Waals surface area contributed by atoms with E-state index in [2.05, 4.69) is 34.1 Å². The van der Waals surface area contributed by atoms with Gasteiger partial charge in [0.2, 0.25) is 0 Å². The van der Waals surface area contributed by atoms with Crippen LogP contribution < -0.4 is 16.0 Å². The number of amides is 2. The van der Waals surface area contributed by atoms with Crippen LogP contribution in [0.5, 0.6) is 0 Å². The maximum Gasteiger partial charge on any atom is 0.315 e. The van der Waals surface area contributed by atoms with Crippen LogP contribution in [0.4, 0.5) is 4.79 Å². The number of carbonyl (C=O) groups excluding carboxylic acids is 1. The summed E-state index contributed by atoms with van der Waals surface area (Å²) in [5.74, 6) is 0. The summed E-state index contributed by atoms with van der Waals surface area (Å²) in [6, 6.07) is 6.77. The Kier molecular flexibility index (Phi) is 2.73. The maximum absolute atomic E-state index is 11.5. The van der Waals surface area contributed by atoms with E-state index >= 15 is 0 Å². The minimum absolute atomic E-state index is 0.0499. The largest absolute Gasteiger partial charge is 0.335 e. The molecule has 1 heterocycles. The van der Waals surface area contributed by atoms with E-state index < -0.39 is 0 Å². The van der Waals surface area contributed by atoms with Gasteiger partial charge in [-0.1, -0.05) is 18.2 Å². The molecule has 2 aliphatic rings. The van der Waals surface area contributed by atoms with Crippen LogP contribution in [0.15, 0.2) is 18.2 Å². The zero-order chi connectivity index (χ0) is 11.7. The zero-order valence-corrected chi connectivity index (χ0v) is 9.75. The molecule has 2 amide bonds. The van der Waals surface area contributed by atoms with Crippen LogP contribution in [0.1, 0.15) is 29.5 Å². The van der Waals surface area contributed by atoms with Crippen molar-refractivity contribution in [3.8, 4) is 0 Å².